The molecule has 116 valence electrons. The van der Waals surface area contributed by atoms with E-state index in [1.54, 1.807) is 0 Å². The van der Waals surface area contributed by atoms with Gasteiger partial charge in [-0.3, -0.25) is 9.69 Å². The van der Waals surface area contributed by atoms with E-state index in [1.807, 2.05) is 30.3 Å². The summed E-state index contributed by atoms with van der Waals surface area (Å²) in [4.78, 5) is 13.1. The average Bonchev–Trinajstić information content (AvgIpc) is 2.48. The van der Waals surface area contributed by atoms with E-state index in [1.165, 1.54) is 16.8 Å². The maximum absolute atomic E-state index is 12.1. The third-order valence-electron chi connectivity index (χ3n) is 3.73. The van der Waals surface area contributed by atoms with E-state index in [0.717, 1.165) is 6.54 Å². The smallest absolute Gasteiger partial charge is 0.323 e. The number of carboxylic acids is 1. The van der Waals surface area contributed by atoms with Crippen molar-refractivity contribution in [3.63, 3.8) is 0 Å². The van der Waals surface area contributed by atoms with Crippen LogP contribution in [0.15, 0.2) is 30.3 Å². The van der Waals surface area contributed by atoms with Crippen molar-refractivity contribution in [2.75, 3.05) is 26.2 Å². The van der Waals surface area contributed by atoms with Crippen LogP contribution in [0.3, 0.4) is 0 Å². The third kappa shape index (κ3) is 3.81. The fourth-order valence-electron chi connectivity index (χ4n) is 2.33. The first-order chi connectivity index (χ1) is 9.91. The number of hydrogen-bond donors (Lipinski definition) is 1. The van der Waals surface area contributed by atoms with Crippen LogP contribution in [0.1, 0.15) is 12.5 Å². The second-order valence-corrected chi connectivity index (χ2v) is 7.44. The Morgan fingerprint density at radius 3 is 2.29 bits per heavy atom. The minimum Gasteiger partial charge on any atom is -0.480 e. The van der Waals surface area contributed by atoms with Crippen molar-refractivity contribution in [1.82, 2.24) is 9.21 Å². The zero-order chi connectivity index (χ0) is 15.5. The van der Waals surface area contributed by atoms with Crippen LogP contribution in [0.5, 0.6) is 0 Å². The Balaban J connectivity index is 1.93. The summed E-state index contributed by atoms with van der Waals surface area (Å²) in [6.07, 6.45) is 0. The molecule has 0 saturated carbocycles. The molecule has 1 heterocycles. The van der Waals surface area contributed by atoms with Crippen LogP contribution in [-0.2, 0) is 21.4 Å². The summed E-state index contributed by atoms with van der Waals surface area (Å²) in [7, 11) is -3.75. The molecule has 21 heavy (non-hydrogen) atoms. The van der Waals surface area contributed by atoms with Crippen LogP contribution in [0, 0.1) is 0 Å². The van der Waals surface area contributed by atoms with E-state index < -0.39 is 21.2 Å². The van der Waals surface area contributed by atoms with Gasteiger partial charge in [0, 0.05) is 32.7 Å². The number of benzene rings is 1. The minimum absolute atomic E-state index is 0.340. The van der Waals surface area contributed by atoms with Crippen LogP contribution < -0.4 is 0 Å². The van der Waals surface area contributed by atoms with Gasteiger partial charge in [-0.1, -0.05) is 30.3 Å². The summed E-state index contributed by atoms with van der Waals surface area (Å²) < 4.78 is 25.5. The van der Waals surface area contributed by atoms with Gasteiger partial charge in [-0.05, 0) is 12.5 Å². The Kier molecular flexibility index (Phi) is 4.97. The van der Waals surface area contributed by atoms with Gasteiger partial charge in [0.05, 0.1) is 0 Å². The number of hydrogen-bond acceptors (Lipinski definition) is 4. The van der Waals surface area contributed by atoms with Gasteiger partial charge in [0.15, 0.2) is 5.25 Å². The SMILES string of the molecule is CC(C(=O)O)S(=O)(=O)N1CCN(Cc2ccccc2)CC1. The highest BCUT2D eigenvalue weighted by Crippen LogP contribution is 2.14. The van der Waals surface area contributed by atoms with E-state index in [-0.39, 0.29) is 0 Å². The summed E-state index contributed by atoms with van der Waals surface area (Å²) in [5.41, 5.74) is 1.19. The average molecular weight is 312 g/mol. The molecule has 1 aromatic carbocycles. The molecule has 0 radical (unpaired) electrons. The third-order valence-corrected chi connectivity index (χ3v) is 5.91. The van der Waals surface area contributed by atoms with E-state index in [4.69, 9.17) is 5.11 Å². The number of piperazine rings is 1. The quantitative estimate of drug-likeness (QED) is 0.862. The molecular formula is C14H20N2O4S. The van der Waals surface area contributed by atoms with E-state index >= 15 is 0 Å². The van der Waals surface area contributed by atoms with Crippen molar-refractivity contribution in [1.29, 1.82) is 0 Å². The van der Waals surface area contributed by atoms with Crippen molar-refractivity contribution in [3.8, 4) is 0 Å². The molecule has 1 aliphatic rings. The molecule has 0 aromatic heterocycles. The lowest BCUT2D eigenvalue weighted by Crippen LogP contribution is -2.51. The van der Waals surface area contributed by atoms with Gasteiger partial charge in [-0.15, -0.1) is 0 Å². The van der Waals surface area contributed by atoms with Gasteiger partial charge >= 0.3 is 5.97 Å². The Bertz CT molecular complexity index is 580. The largest absolute Gasteiger partial charge is 0.480 e. The van der Waals surface area contributed by atoms with E-state index in [9.17, 15) is 13.2 Å². The summed E-state index contributed by atoms with van der Waals surface area (Å²) in [6.45, 7) is 3.90. The second kappa shape index (κ2) is 6.55. The lowest BCUT2D eigenvalue weighted by Gasteiger charge is -2.34. The molecule has 0 spiro atoms. The highest BCUT2D eigenvalue weighted by atomic mass is 32.2. The number of aliphatic carboxylic acids is 1. The Labute approximate surface area is 125 Å². The lowest BCUT2D eigenvalue weighted by atomic mass is 10.2. The highest BCUT2D eigenvalue weighted by Gasteiger charge is 2.35. The molecule has 1 aliphatic heterocycles. The summed E-state index contributed by atoms with van der Waals surface area (Å²) >= 11 is 0. The summed E-state index contributed by atoms with van der Waals surface area (Å²) in [6, 6.07) is 9.99. The molecule has 0 bridgehead atoms. The number of nitrogens with zero attached hydrogens (tertiary/aromatic N) is 2. The fraction of sp³-hybridized carbons (Fsp3) is 0.500. The molecule has 1 saturated heterocycles. The van der Waals surface area contributed by atoms with Crippen molar-refractivity contribution < 1.29 is 18.3 Å². The molecule has 1 atom stereocenters. The predicted molar refractivity (Wildman–Crippen MR) is 79.3 cm³/mol. The normalized spacial score (nSPS) is 19.3. The number of rotatable bonds is 5. The van der Waals surface area contributed by atoms with Gasteiger partial charge in [-0.25, -0.2) is 8.42 Å². The van der Waals surface area contributed by atoms with Crippen LogP contribution in [-0.4, -0.2) is 60.1 Å². The molecule has 1 unspecified atom stereocenters. The highest BCUT2D eigenvalue weighted by molar-refractivity contribution is 7.90. The first kappa shape index (κ1) is 15.9. The van der Waals surface area contributed by atoms with Crippen molar-refractivity contribution in [2.24, 2.45) is 0 Å². The number of carboxylic acid groups (broad SMARTS) is 1. The Hall–Kier alpha value is -1.44. The topological polar surface area (TPSA) is 77.9 Å². The first-order valence-corrected chi connectivity index (χ1v) is 8.39. The van der Waals surface area contributed by atoms with E-state index in [0.29, 0.717) is 26.2 Å². The van der Waals surface area contributed by atoms with E-state index in [2.05, 4.69) is 4.90 Å². The molecule has 1 aromatic rings. The fourth-order valence-corrected chi connectivity index (χ4v) is 3.71. The van der Waals surface area contributed by atoms with Crippen molar-refractivity contribution in [3.05, 3.63) is 35.9 Å². The summed E-state index contributed by atoms with van der Waals surface area (Å²) in [5.74, 6) is -1.30. The van der Waals surface area contributed by atoms with Gasteiger partial charge < -0.3 is 5.11 Å². The number of sulfonamides is 1. The Morgan fingerprint density at radius 2 is 1.76 bits per heavy atom. The molecule has 7 heteroatoms. The maximum atomic E-state index is 12.1. The summed E-state index contributed by atoms with van der Waals surface area (Å²) in [5, 5.41) is 7.49. The molecular weight excluding hydrogens is 292 g/mol. The first-order valence-electron chi connectivity index (χ1n) is 6.89. The zero-order valence-corrected chi connectivity index (χ0v) is 12.8. The van der Waals surface area contributed by atoms with Gasteiger partial charge in [0.2, 0.25) is 10.0 Å². The van der Waals surface area contributed by atoms with Crippen LogP contribution in [0.2, 0.25) is 0 Å². The molecule has 2 rings (SSSR count). The van der Waals surface area contributed by atoms with Crippen LogP contribution in [0.4, 0.5) is 0 Å². The maximum Gasteiger partial charge on any atom is 0.323 e. The monoisotopic (exact) mass is 312 g/mol. The second-order valence-electron chi connectivity index (χ2n) is 5.19. The molecule has 6 nitrogen and oxygen atoms in total. The predicted octanol–water partition coefficient (Wildman–Crippen LogP) is 0.607. The minimum atomic E-state index is -3.75. The standard InChI is InChI=1S/C14H20N2O4S/c1-12(14(17)18)21(19,20)16-9-7-15(8-10-16)11-13-5-3-2-4-6-13/h2-6,12H,7-11H2,1H3,(H,17,18). The van der Waals surface area contributed by atoms with Gasteiger partial charge in [0.1, 0.15) is 0 Å². The lowest BCUT2D eigenvalue weighted by molar-refractivity contribution is -0.136. The molecule has 0 aliphatic carbocycles. The van der Waals surface area contributed by atoms with Crippen LogP contribution in [0.25, 0.3) is 0 Å². The van der Waals surface area contributed by atoms with Crippen molar-refractivity contribution in [2.45, 2.75) is 18.7 Å². The van der Waals surface area contributed by atoms with Gasteiger partial charge in [0.25, 0.3) is 0 Å². The van der Waals surface area contributed by atoms with Gasteiger partial charge in [-0.2, -0.15) is 4.31 Å². The van der Waals surface area contributed by atoms with Crippen molar-refractivity contribution >= 4 is 16.0 Å². The zero-order valence-electron chi connectivity index (χ0n) is 12.0. The number of carbonyl (C=O) groups is 1. The molecule has 1 N–H and O–H groups in total. The Morgan fingerprint density at radius 1 is 1.19 bits per heavy atom. The van der Waals surface area contributed by atoms with Crippen LogP contribution >= 0.6 is 0 Å². The molecule has 0 amide bonds. The molecule has 1 fully saturated rings.